The van der Waals surface area contributed by atoms with Crippen LogP contribution >= 0.6 is 0 Å². The number of carbonyl (C=O) groups is 3. The van der Waals surface area contributed by atoms with Crippen molar-refractivity contribution in [1.29, 1.82) is 0 Å². The van der Waals surface area contributed by atoms with Gasteiger partial charge in [-0.25, -0.2) is 0 Å². The Morgan fingerprint density at radius 1 is 1.00 bits per heavy atom. The van der Waals surface area contributed by atoms with Gasteiger partial charge in [0.05, 0.1) is 0 Å². The summed E-state index contributed by atoms with van der Waals surface area (Å²) in [6.07, 6.45) is -0.714. The number of amides is 2. The molecular formula is C22H26N2O5. The van der Waals surface area contributed by atoms with Gasteiger partial charge in [-0.3, -0.25) is 14.4 Å². The first kappa shape index (κ1) is 21.9. The quantitative estimate of drug-likeness (QED) is 0.664. The lowest BCUT2D eigenvalue weighted by Gasteiger charge is -2.20. The average Bonchev–Trinajstić information content (AvgIpc) is 2.66. The Kier molecular flexibility index (Phi) is 6.98. The van der Waals surface area contributed by atoms with E-state index in [0.717, 1.165) is 0 Å². The predicted molar refractivity (Wildman–Crippen MR) is 110 cm³/mol. The number of carboxylic acids is 1. The maximum absolute atomic E-state index is 12.4. The molecule has 1 unspecified atom stereocenters. The van der Waals surface area contributed by atoms with Crippen LogP contribution in [0.25, 0.3) is 0 Å². The van der Waals surface area contributed by atoms with Gasteiger partial charge < -0.3 is 20.5 Å². The van der Waals surface area contributed by atoms with Crippen LogP contribution in [0.1, 0.15) is 43.6 Å². The number of rotatable bonds is 7. The molecule has 1 atom stereocenters. The third kappa shape index (κ3) is 6.64. The highest BCUT2D eigenvalue weighted by Gasteiger charge is 2.17. The second-order valence-electron chi connectivity index (χ2n) is 7.68. The number of aliphatic carboxylic acids is 1. The molecule has 0 saturated heterocycles. The highest BCUT2D eigenvalue weighted by molar-refractivity contribution is 5.97. The molecule has 0 aliphatic carbocycles. The third-order valence-corrected chi connectivity index (χ3v) is 4.22. The number of carbonyl (C=O) groups excluding carboxylic acids is 2. The molecule has 0 spiro atoms. The monoisotopic (exact) mass is 398 g/mol. The molecule has 0 saturated carbocycles. The van der Waals surface area contributed by atoms with Gasteiger partial charge in [0.2, 0.25) is 0 Å². The Balaban J connectivity index is 1.92. The van der Waals surface area contributed by atoms with E-state index in [-0.39, 0.29) is 11.3 Å². The Morgan fingerprint density at radius 2 is 1.59 bits per heavy atom. The summed E-state index contributed by atoms with van der Waals surface area (Å²) in [5.41, 5.74) is 2.02. The van der Waals surface area contributed by atoms with Crippen LogP contribution < -0.4 is 15.4 Å². The van der Waals surface area contributed by atoms with Crippen molar-refractivity contribution in [3.63, 3.8) is 0 Å². The van der Waals surface area contributed by atoms with Gasteiger partial charge >= 0.3 is 5.97 Å². The summed E-state index contributed by atoms with van der Waals surface area (Å²) < 4.78 is 5.70. The fourth-order valence-corrected chi connectivity index (χ4v) is 2.50. The number of hydrogen-bond donors (Lipinski definition) is 3. The largest absolute Gasteiger partial charge is 0.481 e. The minimum atomic E-state index is -1.12. The predicted octanol–water partition coefficient (Wildman–Crippen LogP) is 3.20. The van der Waals surface area contributed by atoms with E-state index in [0.29, 0.717) is 17.0 Å². The van der Waals surface area contributed by atoms with Gasteiger partial charge in [0.1, 0.15) is 12.3 Å². The maximum atomic E-state index is 12.4. The Hall–Kier alpha value is -3.35. The zero-order chi connectivity index (χ0) is 21.6. The van der Waals surface area contributed by atoms with Crippen LogP contribution in [-0.2, 0) is 15.0 Å². The summed E-state index contributed by atoms with van der Waals surface area (Å²) in [5, 5.41) is 13.6. The van der Waals surface area contributed by atoms with Crippen molar-refractivity contribution in [3.05, 3.63) is 59.7 Å². The molecule has 2 aromatic carbocycles. The molecule has 0 aliphatic rings. The van der Waals surface area contributed by atoms with Crippen molar-refractivity contribution < 1.29 is 24.2 Å². The topological polar surface area (TPSA) is 105 Å². The minimum absolute atomic E-state index is 0.0399. The van der Waals surface area contributed by atoms with Crippen LogP contribution in [0.3, 0.4) is 0 Å². The minimum Gasteiger partial charge on any atom is -0.481 e. The summed E-state index contributed by atoms with van der Waals surface area (Å²) in [7, 11) is 0. The first-order valence-corrected chi connectivity index (χ1v) is 9.24. The zero-order valence-corrected chi connectivity index (χ0v) is 17.0. The summed E-state index contributed by atoms with van der Waals surface area (Å²) in [6, 6.07) is 13.8. The molecule has 0 aliphatic heterocycles. The molecule has 7 nitrogen and oxygen atoms in total. The zero-order valence-electron chi connectivity index (χ0n) is 17.0. The number of carboxylic acid groups (broad SMARTS) is 1. The lowest BCUT2D eigenvalue weighted by Crippen LogP contribution is -2.30. The molecule has 0 aromatic heterocycles. The van der Waals surface area contributed by atoms with Gasteiger partial charge in [0.15, 0.2) is 6.10 Å². The van der Waals surface area contributed by atoms with E-state index in [2.05, 4.69) is 31.4 Å². The fourth-order valence-electron chi connectivity index (χ4n) is 2.50. The van der Waals surface area contributed by atoms with Crippen LogP contribution in [0, 0.1) is 0 Å². The smallest absolute Gasteiger partial charge is 0.322 e. The molecular weight excluding hydrogens is 372 g/mol. The van der Waals surface area contributed by atoms with Crippen molar-refractivity contribution in [2.45, 2.75) is 39.2 Å². The molecule has 2 rings (SSSR count). The lowest BCUT2D eigenvalue weighted by atomic mass is 9.87. The van der Waals surface area contributed by atoms with E-state index < -0.39 is 24.5 Å². The van der Waals surface area contributed by atoms with E-state index in [1.165, 1.54) is 17.7 Å². The molecule has 154 valence electrons. The van der Waals surface area contributed by atoms with Crippen molar-refractivity contribution in [2.24, 2.45) is 0 Å². The Labute approximate surface area is 170 Å². The van der Waals surface area contributed by atoms with E-state index in [9.17, 15) is 14.4 Å². The molecule has 0 bridgehead atoms. The van der Waals surface area contributed by atoms with Crippen molar-refractivity contribution in [1.82, 2.24) is 5.32 Å². The standard InChI is InChI=1S/C22H26N2O5/c1-14(29-18-11-7-16(8-12-18)22(2,3)4)20(27)24-17-9-5-15(6-10-17)21(28)23-13-19(25)26/h5-12,14H,13H2,1-4H3,(H,23,28)(H,24,27)(H,25,26). The average molecular weight is 398 g/mol. The molecule has 2 amide bonds. The second-order valence-corrected chi connectivity index (χ2v) is 7.68. The van der Waals surface area contributed by atoms with Gasteiger partial charge in [-0.1, -0.05) is 32.9 Å². The van der Waals surface area contributed by atoms with Crippen LogP contribution in [0.2, 0.25) is 0 Å². The van der Waals surface area contributed by atoms with Crippen LogP contribution in [0.4, 0.5) is 5.69 Å². The molecule has 3 N–H and O–H groups in total. The first-order valence-electron chi connectivity index (χ1n) is 9.24. The van der Waals surface area contributed by atoms with Gasteiger partial charge in [-0.2, -0.15) is 0 Å². The fraction of sp³-hybridized carbons (Fsp3) is 0.318. The first-order chi connectivity index (χ1) is 13.6. The van der Waals surface area contributed by atoms with Crippen molar-refractivity contribution in [2.75, 3.05) is 11.9 Å². The molecule has 0 heterocycles. The highest BCUT2D eigenvalue weighted by atomic mass is 16.5. The van der Waals surface area contributed by atoms with Crippen molar-refractivity contribution >= 4 is 23.5 Å². The Morgan fingerprint density at radius 3 is 2.10 bits per heavy atom. The highest BCUT2D eigenvalue weighted by Crippen LogP contribution is 2.24. The molecule has 2 aromatic rings. The number of nitrogens with one attached hydrogen (secondary N) is 2. The van der Waals surface area contributed by atoms with E-state index in [1.807, 2.05) is 24.3 Å². The summed E-state index contributed by atoms with van der Waals surface area (Å²) in [5.74, 6) is -1.34. The van der Waals surface area contributed by atoms with E-state index in [4.69, 9.17) is 9.84 Å². The van der Waals surface area contributed by atoms with Crippen LogP contribution in [-0.4, -0.2) is 35.5 Å². The van der Waals surface area contributed by atoms with Gasteiger partial charge in [0.25, 0.3) is 11.8 Å². The van der Waals surface area contributed by atoms with Crippen LogP contribution in [0.15, 0.2) is 48.5 Å². The van der Waals surface area contributed by atoms with Crippen molar-refractivity contribution in [3.8, 4) is 5.75 Å². The van der Waals surface area contributed by atoms with Crippen LogP contribution in [0.5, 0.6) is 5.75 Å². The SMILES string of the molecule is CC(Oc1ccc(C(C)(C)C)cc1)C(=O)Nc1ccc(C(=O)NCC(=O)O)cc1. The van der Waals surface area contributed by atoms with Gasteiger partial charge in [-0.05, 0) is 54.3 Å². The maximum Gasteiger partial charge on any atom is 0.322 e. The van der Waals surface area contributed by atoms with Gasteiger partial charge in [0, 0.05) is 11.3 Å². The van der Waals surface area contributed by atoms with E-state index in [1.54, 1.807) is 19.1 Å². The summed E-state index contributed by atoms with van der Waals surface area (Å²) in [6.45, 7) is 7.57. The molecule has 0 radical (unpaired) electrons. The van der Waals surface area contributed by atoms with E-state index >= 15 is 0 Å². The number of anilines is 1. The number of benzene rings is 2. The number of ether oxygens (including phenoxy) is 1. The lowest BCUT2D eigenvalue weighted by molar-refractivity contribution is -0.135. The Bertz CT molecular complexity index is 868. The molecule has 0 fully saturated rings. The second kappa shape index (κ2) is 9.23. The summed E-state index contributed by atoms with van der Waals surface area (Å²) >= 11 is 0. The molecule has 29 heavy (non-hydrogen) atoms. The summed E-state index contributed by atoms with van der Waals surface area (Å²) in [4.78, 5) is 34.6. The number of hydrogen-bond acceptors (Lipinski definition) is 4. The molecule has 7 heteroatoms. The third-order valence-electron chi connectivity index (χ3n) is 4.22. The normalized spacial score (nSPS) is 12.0. The van der Waals surface area contributed by atoms with Gasteiger partial charge in [-0.15, -0.1) is 0 Å².